The highest BCUT2D eigenvalue weighted by Crippen LogP contribution is 2.31. The van der Waals surface area contributed by atoms with E-state index < -0.39 is 0 Å². The van der Waals surface area contributed by atoms with Crippen molar-refractivity contribution in [3.63, 3.8) is 0 Å². The van der Waals surface area contributed by atoms with E-state index >= 15 is 0 Å². The molecule has 0 aliphatic heterocycles. The lowest BCUT2D eigenvalue weighted by molar-refractivity contribution is 0.306. The fourth-order valence-electron chi connectivity index (χ4n) is 1.87. The first kappa shape index (κ1) is 14.2. The van der Waals surface area contributed by atoms with E-state index in [0.717, 1.165) is 21.2 Å². The van der Waals surface area contributed by atoms with Crippen LogP contribution < -0.4 is 10.5 Å². The first-order valence-electron chi connectivity index (χ1n) is 5.91. The summed E-state index contributed by atoms with van der Waals surface area (Å²) in [4.78, 5) is 0. The van der Waals surface area contributed by atoms with Crippen LogP contribution in [0.2, 0.25) is 5.02 Å². The molecule has 0 aromatic heterocycles. The predicted molar refractivity (Wildman–Crippen MR) is 83.8 cm³/mol. The maximum absolute atomic E-state index is 6.18. The molecule has 0 aliphatic rings. The average Bonchev–Trinajstić information content (AvgIpc) is 2.30. The summed E-state index contributed by atoms with van der Waals surface area (Å²) in [7, 11) is 0. The third kappa shape index (κ3) is 3.43. The number of nitrogen functional groups attached to an aromatic ring is 1. The minimum absolute atomic E-state index is 0.409. The first-order chi connectivity index (χ1) is 8.97. The third-order valence-electron chi connectivity index (χ3n) is 2.85. The molecule has 2 N–H and O–H groups in total. The molecule has 0 unspecified atom stereocenters. The van der Waals surface area contributed by atoms with Gasteiger partial charge in [0.25, 0.3) is 0 Å². The maximum atomic E-state index is 6.18. The number of benzene rings is 2. The smallest absolute Gasteiger partial charge is 0.145 e. The van der Waals surface area contributed by atoms with E-state index in [-0.39, 0.29) is 0 Å². The average molecular weight is 341 g/mol. The minimum Gasteiger partial charge on any atom is -0.486 e. The summed E-state index contributed by atoms with van der Waals surface area (Å²) >= 11 is 9.59. The normalized spacial score (nSPS) is 10.5. The second-order valence-corrected chi connectivity index (χ2v) is 5.85. The second kappa shape index (κ2) is 5.85. The zero-order chi connectivity index (χ0) is 14.0. The lowest BCUT2D eigenvalue weighted by atomic mass is 10.1. The SMILES string of the molecule is Cc1ccc(COc2c(C)cc(Br)cc2N)c(Cl)c1. The van der Waals surface area contributed by atoms with Gasteiger partial charge in [-0.1, -0.05) is 39.7 Å². The molecule has 4 heteroatoms. The number of hydrogen-bond acceptors (Lipinski definition) is 2. The van der Waals surface area contributed by atoms with Crippen molar-refractivity contribution in [2.24, 2.45) is 0 Å². The highest BCUT2D eigenvalue weighted by Gasteiger charge is 2.08. The molecule has 0 spiro atoms. The highest BCUT2D eigenvalue weighted by atomic mass is 79.9. The Labute approximate surface area is 126 Å². The first-order valence-corrected chi connectivity index (χ1v) is 7.08. The molecule has 0 saturated carbocycles. The molecule has 19 heavy (non-hydrogen) atoms. The van der Waals surface area contributed by atoms with Crippen molar-refractivity contribution >= 4 is 33.2 Å². The van der Waals surface area contributed by atoms with Crippen LogP contribution in [0.25, 0.3) is 0 Å². The molecule has 2 nitrogen and oxygen atoms in total. The molecule has 100 valence electrons. The maximum Gasteiger partial charge on any atom is 0.145 e. The highest BCUT2D eigenvalue weighted by molar-refractivity contribution is 9.10. The summed E-state index contributed by atoms with van der Waals surface area (Å²) in [5.74, 6) is 0.708. The van der Waals surface area contributed by atoms with Crippen LogP contribution in [0, 0.1) is 13.8 Å². The lowest BCUT2D eigenvalue weighted by Gasteiger charge is -2.13. The van der Waals surface area contributed by atoms with E-state index in [1.54, 1.807) is 0 Å². The van der Waals surface area contributed by atoms with Crippen molar-refractivity contribution in [3.8, 4) is 5.75 Å². The Balaban J connectivity index is 2.19. The van der Waals surface area contributed by atoms with E-state index in [9.17, 15) is 0 Å². The topological polar surface area (TPSA) is 35.2 Å². The fourth-order valence-corrected chi connectivity index (χ4v) is 2.75. The van der Waals surface area contributed by atoms with E-state index in [1.807, 2.05) is 44.2 Å². The van der Waals surface area contributed by atoms with Crippen LogP contribution in [0.15, 0.2) is 34.8 Å². The van der Waals surface area contributed by atoms with Crippen molar-refractivity contribution in [2.75, 3.05) is 5.73 Å². The van der Waals surface area contributed by atoms with Gasteiger partial charge in [0.15, 0.2) is 0 Å². The van der Waals surface area contributed by atoms with Gasteiger partial charge in [0.2, 0.25) is 0 Å². The molecule has 0 radical (unpaired) electrons. The standard InChI is InChI=1S/C15H15BrClNO/c1-9-3-4-11(13(17)5-9)8-19-15-10(2)6-12(16)7-14(15)18/h3-7H,8,18H2,1-2H3. The van der Waals surface area contributed by atoms with Gasteiger partial charge >= 0.3 is 0 Å². The summed E-state index contributed by atoms with van der Waals surface area (Å²) < 4.78 is 6.75. The number of rotatable bonds is 3. The molecule has 0 heterocycles. The van der Waals surface area contributed by atoms with Gasteiger partial charge in [-0.3, -0.25) is 0 Å². The van der Waals surface area contributed by atoms with Gasteiger partial charge in [-0.05, 0) is 43.2 Å². The number of nitrogens with two attached hydrogens (primary N) is 1. The summed E-state index contributed by atoms with van der Waals surface area (Å²) in [6.07, 6.45) is 0. The summed E-state index contributed by atoms with van der Waals surface area (Å²) in [5, 5.41) is 0.716. The number of anilines is 1. The Morgan fingerprint density at radius 1 is 1.21 bits per heavy atom. The minimum atomic E-state index is 0.409. The molecule has 0 atom stereocenters. The lowest BCUT2D eigenvalue weighted by Crippen LogP contribution is -2.01. The number of aryl methyl sites for hydroxylation is 2. The quantitative estimate of drug-likeness (QED) is 0.808. The van der Waals surface area contributed by atoms with Crippen LogP contribution in [0.5, 0.6) is 5.75 Å². The van der Waals surface area contributed by atoms with E-state index in [2.05, 4.69) is 15.9 Å². The number of ether oxygens (including phenoxy) is 1. The van der Waals surface area contributed by atoms with Crippen molar-refractivity contribution in [3.05, 3.63) is 56.5 Å². The van der Waals surface area contributed by atoms with Crippen molar-refractivity contribution in [1.82, 2.24) is 0 Å². The van der Waals surface area contributed by atoms with Crippen LogP contribution in [-0.2, 0) is 6.61 Å². The Bertz CT molecular complexity index is 590. The van der Waals surface area contributed by atoms with Gasteiger partial charge in [-0.2, -0.15) is 0 Å². The Kier molecular flexibility index (Phi) is 4.38. The Hall–Kier alpha value is -1.19. The van der Waals surface area contributed by atoms with Gasteiger partial charge < -0.3 is 10.5 Å². The van der Waals surface area contributed by atoms with Crippen molar-refractivity contribution in [1.29, 1.82) is 0 Å². The van der Waals surface area contributed by atoms with Crippen LogP contribution in [-0.4, -0.2) is 0 Å². The van der Waals surface area contributed by atoms with Gasteiger partial charge in [-0.15, -0.1) is 0 Å². The Morgan fingerprint density at radius 3 is 2.58 bits per heavy atom. The molecule has 2 rings (SSSR count). The third-order valence-corrected chi connectivity index (χ3v) is 3.66. The fraction of sp³-hybridized carbons (Fsp3) is 0.200. The summed E-state index contributed by atoms with van der Waals surface area (Å²) in [6.45, 7) is 4.38. The van der Waals surface area contributed by atoms with Crippen molar-refractivity contribution in [2.45, 2.75) is 20.5 Å². The van der Waals surface area contributed by atoms with E-state index in [0.29, 0.717) is 23.1 Å². The number of halogens is 2. The van der Waals surface area contributed by atoms with Crippen LogP contribution >= 0.6 is 27.5 Å². The van der Waals surface area contributed by atoms with Crippen LogP contribution in [0.4, 0.5) is 5.69 Å². The zero-order valence-corrected chi connectivity index (χ0v) is 13.2. The van der Waals surface area contributed by atoms with Crippen LogP contribution in [0.3, 0.4) is 0 Å². The summed E-state index contributed by atoms with van der Waals surface area (Å²) in [6, 6.07) is 9.73. The molecule has 2 aromatic rings. The summed E-state index contributed by atoms with van der Waals surface area (Å²) in [5.41, 5.74) is 9.66. The molecule has 0 fully saturated rings. The molecular formula is C15H15BrClNO. The molecule has 0 amide bonds. The van der Waals surface area contributed by atoms with Gasteiger partial charge in [-0.25, -0.2) is 0 Å². The largest absolute Gasteiger partial charge is 0.486 e. The van der Waals surface area contributed by atoms with E-state index in [4.69, 9.17) is 22.1 Å². The Morgan fingerprint density at radius 2 is 1.95 bits per heavy atom. The molecule has 0 bridgehead atoms. The van der Waals surface area contributed by atoms with Gasteiger partial charge in [0, 0.05) is 15.1 Å². The zero-order valence-electron chi connectivity index (χ0n) is 10.8. The van der Waals surface area contributed by atoms with Crippen molar-refractivity contribution < 1.29 is 4.74 Å². The molecule has 0 saturated heterocycles. The predicted octanol–water partition coefficient (Wildman–Crippen LogP) is 4.88. The molecule has 2 aromatic carbocycles. The van der Waals surface area contributed by atoms with Crippen LogP contribution in [0.1, 0.15) is 16.7 Å². The van der Waals surface area contributed by atoms with Gasteiger partial charge in [0.1, 0.15) is 12.4 Å². The van der Waals surface area contributed by atoms with E-state index in [1.165, 1.54) is 0 Å². The van der Waals surface area contributed by atoms with Gasteiger partial charge in [0.05, 0.1) is 5.69 Å². The molecular weight excluding hydrogens is 326 g/mol. The number of hydrogen-bond donors (Lipinski definition) is 1. The molecule has 0 aliphatic carbocycles. The second-order valence-electron chi connectivity index (χ2n) is 4.52. The monoisotopic (exact) mass is 339 g/mol.